The number of ether oxygens (including phenoxy) is 2. The van der Waals surface area contributed by atoms with Crippen LogP contribution < -0.4 is 4.74 Å². The number of aryl methyl sites for hydroxylation is 1. The smallest absolute Gasteiger partial charge is 0.343 e. The molecule has 0 aliphatic carbocycles. The average molecular weight is 459 g/mol. The van der Waals surface area contributed by atoms with Gasteiger partial charge in [-0.25, -0.2) is 9.59 Å². The minimum atomic E-state index is -0.568. The lowest BCUT2D eigenvalue weighted by Crippen LogP contribution is -2.25. The number of hydrogen-bond donors (Lipinski definition) is 0. The van der Waals surface area contributed by atoms with Crippen molar-refractivity contribution >= 4 is 17.8 Å². The summed E-state index contributed by atoms with van der Waals surface area (Å²) in [5.41, 5.74) is 3.42. The first-order valence-corrected chi connectivity index (χ1v) is 11.0. The number of carbonyl (C=O) groups is 3. The fraction of sp³-hybridized carbons (Fsp3) is 0.259. The van der Waals surface area contributed by atoms with Crippen LogP contribution in [0.4, 0.5) is 0 Å². The van der Waals surface area contributed by atoms with Gasteiger partial charge in [0.2, 0.25) is 0 Å². The summed E-state index contributed by atoms with van der Waals surface area (Å²) in [6.45, 7) is 8.20. The molecule has 2 aromatic carbocycles. The minimum absolute atomic E-state index is 0.134. The summed E-state index contributed by atoms with van der Waals surface area (Å²) >= 11 is 0. The Morgan fingerprint density at radius 2 is 1.74 bits per heavy atom. The van der Waals surface area contributed by atoms with Crippen molar-refractivity contribution in [2.75, 3.05) is 0 Å². The molecule has 7 nitrogen and oxygen atoms in total. The van der Waals surface area contributed by atoms with E-state index < -0.39 is 11.6 Å². The third-order valence-electron chi connectivity index (χ3n) is 5.37. The largest absolute Gasteiger partial charge is 0.456 e. The number of amides is 1. The van der Waals surface area contributed by atoms with E-state index in [1.165, 1.54) is 12.4 Å². The molecule has 1 aliphatic rings. The van der Waals surface area contributed by atoms with Crippen LogP contribution in [-0.2, 0) is 17.8 Å². The summed E-state index contributed by atoms with van der Waals surface area (Å²) in [7, 11) is 0. The molecule has 0 bridgehead atoms. The van der Waals surface area contributed by atoms with Crippen molar-refractivity contribution in [3.8, 4) is 5.75 Å². The molecule has 0 spiro atoms. The molecule has 1 aromatic heterocycles. The molecule has 0 radical (unpaired) electrons. The Balaban J connectivity index is 1.45. The number of esters is 2. The molecule has 34 heavy (non-hydrogen) atoms. The standard InChI is InChI=1S/C27H26N2O5/c1-17-13-18(5-8-22(17)26(32)34-27(2,3)4)15-29-16-20-6-7-21(14-23(20)24(29)30)33-25(31)19-9-11-28-12-10-19/h5-14H,15-16H2,1-4H3. The lowest BCUT2D eigenvalue weighted by molar-refractivity contribution is 0.00683. The average Bonchev–Trinajstić information content (AvgIpc) is 3.08. The number of pyridine rings is 1. The van der Waals surface area contributed by atoms with Crippen LogP contribution in [-0.4, -0.2) is 33.3 Å². The zero-order chi connectivity index (χ0) is 24.5. The lowest BCUT2D eigenvalue weighted by Gasteiger charge is -2.21. The number of rotatable bonds is 5. The van der Waals surface area contributed by atoms with Crippen molar-refractivity contribution in [2.45, 2.75) is 46.4 Å². The summed E-state index contributed by atoms with van der Waals surface area (Å²) in [6.07, 6.45) is 3.03. The molecule has 4 rings (SSSR count). The Hall–Kier alpha value is -4.00. The summed E-state index contributed by atoms with van der Waals surface area (Å²) in [5.74, 6) is -0.695. The zero-order valence-electron chi connectivity index (χ0n) is 19.6. The van der Waals surface area contributed by atoms with Gasteiger partial charge in [0.15, 0.2) is 0 Å². The molecule has 1 amide bonds. The van der Waals surface area contributed by atoms with Gasteiger partial charge in [-0.05, 0) is 74.7 Å². The van der Waals surface area contributed by atoms with E-state index in [1.54, 1.807) is 41.3 Å². The highest BCUT2D eigenvalue weighted by Crippen LogP contribution is 2.29. The first kappa shape index (κ1) is 23.2. The second-order valence-electron chi connectivity index (χ2n) is 9.26. The third-order valence-corrected chi connectivity index (χ3v) is 5.37. The molecule has 0 saturated heterocycles. The van der Waals surface area contributed by atoms with Crippen molar-refractivity contribution in [3.05, 3.63) is 94.3 Å². The molecule has 3 aromatic rings. The molecule has 1 aliphatic heterocycles. The van der Waals surface area contributed by atoms with E-state index in [0.29, 0.717) is 35.5 Å². The van der Waals surface area contributed by atoms with E-state index >= 15 is 0 Å². The molecule has 0 atom stereocenters. The van der Waals surface area contributed by atoms with Gasteiger partial charge in [0.25, 0.3) is 5.91 Å². The number of aromatic nitrogens is 1. The van der Waals surface area contributed by atoms with Gasteiger partial charge < -0.3 is 14.4 Å². The van der Waals surface area contributed by atoms with E-state index in [2.05, 4.69) is 4.98 Å². The van der Waals surface area contributed by atoms with Gasteiger partial charge in [0.05, 0.1) is 11.1 Å². The molecule has 0 unspecified atom stereocenters. The fourth-order valence-corrected chi connectivity index (χ4v) is 3.79. The summed E-state index contributed by atoms with van der Waals surface area (Å²) < 4.78 is 10.9. The Bertz CT molecular complexity index is 1260. The molecular formula is C27H26N2O5. The van der Waals surface area contributed by atoms with Gasteiger partial charge in [0, 0.05) is 31.0 Å². The molecule has 0 saturated carbocycles. The Morgan fingerprint density at radius 1 is 1.00 bits per heavy atom. The molecule has 7 heteroatoms. The van der Waals surface area contributed by atoms with Gasteiger partial charge in [-0.1, -0.05) is 18.2 Å². The quantitative estimate of drug-likeness (QED) is 0.406. The molecule has 174 valence electrons. The van der Waals surface area contributed by atoms with E-state index in [1.807, 2.05) is 39.8 Å². The predicted octanol–water partition coefficient (Wildman–Crippen LogP) is 4.72. The van der Waals surface area contributed by atoms with Gasteiger partial charge in [-0.2, -0.15) is 0 Å². The lowest BCUT2D eigenvalue weighted by atomic mass is 10.0. The highest BCUT2D eigenvalue weighted by molar-refractivity contribution is 5.99. The van der Waals surface area contributed by atoms with Gasteiger partial charge in [-0.15, -0.1) is 0 Å². The van der Waals surface area contributed by atoms with Crippen LogP contribution in [0.1, 0.15) is 68.5 Å². The van der Waals surface area contributed by atoms with E-state index in [-0.39, 0.29) is 11.9 Å². The van der Waals surface area contributed by atoms with Gasteiger partial charge in [-0.3, -0.25) is 9.78 Å². The predicted molar refractivity (Wildman–Crippen MR) is 126 cm³/mol. The van der Waals surface area contributed by atoms with E-state index in [0.717, 1.165) is 16.7 Å². The number of carbonyl (C=O) groups excluding carboxylic acids is 3. The maximum atomic E-state index is 13.0. The van der Waals surface area contributed by atoms with Crippen LogP contribution in [0, 0.1) is 6.92 Å². The molecule has 0 fully saturated rings. The van der Waals surface area contributed by atoms with Crippen LogP contribution >= 0.6 is 0 Å². The van der Waals surface area contributed by atoms with Gasteiger partial charge >= 0.3 is 11.9 Å². The van der Waals surface area contributed by atoms with Gasteiger partial charge in [0.1, 0.15) is 11.4 Å². The highest BCUT2D eigenvalue weighted by Gasteiger charge is 2.28. The summed E-state index contributed by atoms with van der Waals surface area (Å²) in [5, 5.41) is 0. The number of benzene rings is 2. The van der Waals surface area contributed by atoms with Crippen molar-refractivity contribution in [1.82, 2.24) is 9.88 Å². The SMILES string of the molecule is Cc1cc(CN2Cc3ccc(OC(=O)c4ccncc4)cc3C2=O)ccc1C(=O)OC(C)(C)C. The number of hydrogen-bond acceptors (Lipinski definition) is 6. The van der Waals surface area contributed by atoms with Crippen molar-refractivity contribution in [3.63, 3.8) is 0 Å². The number of nitrogens with zero attached hydrogens (tertiary/aromatic N) is 2. The van der Waals surface area contributed by atoms with Crippen LogP contribution in [0.2, 0.25) is 0 Å². The first-order chi connectivity index (χ1) is 16.1. The Labute approximate surface area is 198 Å². The second kappa shape index (κ2) is 9.09. The third kappa shape index (κ3) is 5.14. The first-order valence-electron chi connectivity index (χ1n) is 11.0. The maximum absolute atomic E-state index is 13.0. The van der Waals surface area contributed by atoms with Crippen LogP contribution in [0.5, 0.6) is 5.75 Å². The van der Waals surface area contributed by atoms with E-state index in [4.69, 9.17) is 9.47 Å². The van der Waals surface area contributed by atoms with Crippen LogP contribution in [0.25, 0.3) is 0 Å². The zero-order valence-corrected chi connectivity index (χ0v) is 19.6. The highest BCUT2D eigenvalue weighted by atomic mass is 16.6. The summed E-state index contributed by atoms with van der Waals surface area (Å²) in [4.78, 5) is 43.4. The molecule has 2 heterocycles. The van der Waals surface area contributed by atoms with Crippen molar-refractivity contribution in [1.29, 1.82) is 0 Å². The topological polar surface area (TPSA) is 85.8 Å². The van der Waals surface area contributed by atoms with Crippen LogP contribution in [0.15, 0.2) is 60.9 Å². The number of fused-ring (bicyclic) bond motifs is 1. The van der Waals surface area contributed by atoms with Crippen molar-refractivity contribution < 1.29 is 23.9 Å². The molecule has 0 N–H and O–H groups in total. The minimum Gasteiger partial charge on any atom is -0.456 e. The van der Waals surface area contributed by atoms with Crippen LogP contribution in [0.3, 0.4) is 0 Å². The second-order valence-corrected chi connectivity index (χ2v) is 9.26. The monoisotopic (exact) mass is 458 g/mol. The van der Waals surface area contributed by atoms with E-state index in [9.17, 15) is 14.4 Å². The Kier molecular flexibility index (Phi) is 6.20. The normalized spacial score (nSPS) is 12.9. The Morgan fingerprint density at radius 3 is 2.41 bits per heavy atom. The maximum Gasteiger partial charge on any atom is 0.343 e. The molecular weight excluding hydrogens is 432 g/mol. The van der Waals surface area contributed by atoms with Crippen molar-refractivity contribution in [2.24, 2.45) is 0 Å². The summed E-state index contributed by atoms with van der Waals surface area (Å²) in [6, 6.07) is 13.7. The fourth-order valence-electron chi connectivity index (χ4n) is 3.79.